The van der Waals surface area contributed by atoms with Crippen LogP contribution in [-0.2, 0) is 14.4 Å². The summed E-state index contributed by atoms with van der Waals surface area (Å²) in [6.07, 6.45) is 6.02. The largest absolute Gasteiger partial charge is 0.480 e. The summed E-state index contributed by atoms with van der Waals surface area (Å²) >= 11 is 0. The number of carboxylic acid groups (broad SMARTS) is 1. The van der Waals surface area contributed by atoms with Crippen LogP contribution < -0.4 is 10.6 Å². The minimum Gasteiger partial charge on any atom is -0.480 e. The van der Waals surface area contributed by atoms with Crippen molar-refractivity contribution >= 4 is 17.8 Å². The topological polar surface area (TPSA) is 98.7 Å². The normalized spacial score (nSPS) is 16.8. The van der Waals surface area contributed by atoms with E-state index in [1.807, 2.05) is 0 Å². The molecule has 0 bridgehead atoms. The Balaban J connectivity index is 2.41. The van der Waals surface area contributed by atoms with E-state index in [0.717, 1.165) is 12.8 Å². The van der Waals surface area contributed by atoms with Crippen LogP contribution in [0.4, 0.5) is 0 Å². The minimum atomic E-state index is -0.979. The van der Waals surface area contributed by atoms with Gasteiger partial charge in [-0.1, -0.05) is 19.3 Å². The predicted molar refractivity (Wildman–Crippen MR) is 86.9 cm³/mol. The van der Waals surface area contributed by atoms with E-state index in [4.69, 9.17) is 5.11 Å². The van der Waals surface area contributed by atoms with Gasteiger partial charge in [-0.05, 0) is 25.7 Å². The zero-order valence-corrected chi connectivity index (χ0v) is 14.1. The van der Waals surface area contributed by atoms with Crippen LogP contribution in [0, 0.1) is 5.92 Å². The fraction of sp³-hybridized carbons (Fsp3) is 0.812. The number of carbonyl (C=O) groups excluding carboxylic acids is 2. The van der Waals surface area contributed by atoms with E-state index < -0.39 is 12.0 Å². The zero-order valence-electron chi connectivity index (χ0n) is 14.1. The third kappa shape index (κ3) is 7.97. The Morgan fingerprint density at radius 3 is 2.39 bits per heavy atom. The van der Waals surface area contributed by atoms with E-state index in [1.54, 1.807) is 11.8 Å². The molecule has 0 aliphatic heterocycles. The number of carbonyl (C=O) groups is 3. The first-order valence-electron chi connectivity index (χ1n) is 8.38. The summed E-state index contributed by atoms with van der Waals surface area (Å²) < 4.78 is 0. The van der Waals surface area contributed by atoms with Crippen LogP contribution in [-0.4, -0.2) is 60.0 Å². The molecule has 1 fully saturated rings. The molecule has 0 heterocycles. The maximum atomic E-state index is 12.1. The number of rotatable bonds is 9. The molecule has 1 aliphatic carbocycles. The summed E-state index contributed by atoms with van der Waals surface area (Å²) in [5.74, 6) is -0.772. The first-order valence-corrected chi connectivity index (χ1v) is 8.38. The third-order valence-electron chi connectivity index (χ3n) is 4.34. The van der Waals surface area contributed by atoms with Crippen LogP contribution in [0.5, 0.6) is 0 Å². The summed E-state index contributed by atoms with van der Waals surface area (Å²) in [5.41, 5.74) is 0. The molecule has 1 rings (SSSR count). The van der Waals surface area contributed by atoms with Gasteiger partial charge in [0, 0.05) is 26.6 Å². The van der Waals surface area contributed by atoms with Crippen molar-refractivity contribution in [3.05, 3.63) is 0 Å². The molecule has 0 aromatic heterocycles. The molecule has 0 aromatic rings. The molecule has 0 radical (unpaired) electrons. The van der Waals surface area contributed by atoms with Gasteiger partial charge in [0.25, 0.3) is 0 Å². The Morgan fingerprint density at radius 2 is 1.83 bits per heavy atom. The molecule has 0 saturated heterocycles. The van der Waals surface area contributed by atoms with E-state index in [9.17, 15) is 14.4 Å². The van der Waals surface area contributed by atoms with Crippen LogP contribution in [0.1, 0.15) is 46.0 Å². The second-order valence-corrected chi connectivity index (χ2v) is 6.28. The lowest BCUT2D eigenvalue weighted by Gasteiger charge is -2.26. The molecule has 23 heavy (non-hydrogen) atoms. The fourth-order valence-corrected chi connectivity index (χ4v) is 2.83. The molecule has 7 nitrogen and oxygen atoms in total. The SMILES string of the molecule is CC(=O)NCCN(CC(=O)NCC1CCCCC1)C(C)C(=O)O. The lowest BCUT2D eigenvalue weighted by atomic mass is 9.89. The van der Waals surface area contributed by atoms with Gasteiger partial charge in [0.1, 0.15) is 6.04 Å². The fourth-order valence-electron chi connectivity index (χ4n) is 2.83. The van der Waals surface area contributed by atoms with Crippen LogP contribution in [0.25, 0.3) is 0 Å². The highest BCUT2D eigenvalue weighted by Gasteiger charge is 2.23. The standard InChI is InChI=1S/C16H29N3O4/c1-12(16(22)23)19(9-8-17-13(2)20)11-15(21)18-10-14-6-4-3-5-7-14/h12,14H,3-11H2,1-2H3,(H,17,20)(H,18,21)(H,22,23). The number of aliphatic carboxylic acids is 1. The lowest BCUT2D eigenvalue weighted by molar-refractivity contribution is -0.143. The zero-order chi connectivity index (χ0) is 17.2. The van der Waals surface area contributed by atoms with Crippen molar-refractivity contribution in [3.63, 3.8) is 0 Å². The van der Waals surface area contributed by atoms with Gasteiger partial charge in [0.15, 0.2) is 0 Å². The van der Waals surface area contributed by atoms with Crippen molar-refractivity contribution < 1.29 is 19.5 Å². The van der Waals surface area contributed by atoms with E-state index in [0.29, 0.717) is 25.6 Å². The summed E-state index contributed by atoms with van der Waals surface area (Å²) in [7, 11) is 0. The van der Waals surface area contributed by atoms with Gasteiger partial charge in [0.2, 0.25) is 11.8 Å². The number of hydrogen-bond acceptors (Lipinski definition) is 4. The minimum absolute atomic E-state index is 0.0276. The van der Waals surface area contributed by atoms with E-state index in [2.05, 4.69) is 10.6 Å². The Hall–Kier alpha value is -1.63. The summed E-state index contributed by atoms with van der Waals surface area (Å²) in [6, 6.07) is -0.774. The smallest absolute Gasteiger partial charge is 0.320 e. The van der Waals surface area contributed by atoms with E-state index in [-0.39, 0.29) is 18.4 Å². The Labute approximate surface area is 137 Å². The van der Waals surface area contributed by atoms with Gasteiger partial charge in [-0.2, -0.15) is 0 Å². The highest BCUT2D eigenvalue weighted by Crippen LogP contribution is 2.22. The highest BCUT2D eigenvalue weighted by molar-refractivity contribution is 5.79. The van der Waals surface area contributed by atoms with Gasteiger partial charge < -0.3 is 15.7 Å². The van der Waals surface area contributed by atoms with E-state index >= 15 is 0 Å². The maximum Gasteiger partial charge on any atom is 0.320 e. The lowest BCUT2D eigenvalue weighted by Crippen LogP contribution is -2.48. The second-order valence-electron chi connectivity index (χ2n) is 6.28. The summed E-state index contributed by atoms with van der Waals surface area (Å²) in [5, 5.41) is 14.7. The monoisotopic (exact) mass is 327 g/mol. The van der Waals surface area contributed by atoms with Crippen molar-refractivity contribution in [3.8, 4) is 0 Å². The number of amides is 2. The average Bonchev–Trinajstić information content (AvgIpc) is 2.51. The number of nitrogens with one attached hydrogen (secondary N) is 2. The molecular weight excluding hydrogens is 298 g/mol. The highest BCUT2D eigenvalue weighted by atomic mass is 16.4. The quantitative estimate of drug-likeness (QED) is 0.576. The van der Waals surface area contributed by atoms with E-state index in [1.165, 1.54) is 26.2 Å². The first kappa shape index (κ1) is 19.4. The molecule has 3 N–H and O–H groups in total. The number of hydrogen-bond donors (Lipinski definition) is 3. The van der Waals surface area contributed by atoms with Gasteiger partial charge >= 0.3 is 5.97 Å². The Bertz CT molecular complexity index is 408. The molecule has 1 unspecified atom stereocenters. The van der Waals surface area contributed by atoms with Crippen LogP contribution in [0.15, 0.2) is 0 Å². The average molecular weight is 327 g/mol. The van der Waals surface area contributed by atoms with Crippen molar-refractivity contribution in [2.75, 3.05) is 26.2 Å². The van der Waals surface area contributed by atoms with Crippen LogP contribution in [0.3, 0.4) is 0 Å². The van der Waals surface area contributed by atoms with Gasteiger partial charge in [-0.15, -0.1) is 0 Å². The van der Waals surface area contributed by atoms with Crippen molar-refractivity contribution in [1.29, 1.82) is 0 Å². The number of nitrogens with zero attached hydrogens (tertiary/aromatic N) is 1. The Kier molecular flexibility index (Phi) is 8.61. The van der Waals surface area contributed by atoms with Gasteiger partial charge in [-0.25, -0.2) is 0 Å². The predicted octanol–water partition coefficient (Wildman–Crippen LogP) is 0.594. The van der Waals surface area contributed by atoms with Crippen molar-refractivity contribution in [2.24, 2.45) is 5.92 Å². The summed E-state index contributed by atoms with van der Waals surface area (Å²) in [6.45, 7) is 4.29. The molecule has 2 amide bonds. The van der Waals surface area contributed by atoms with Crippen LogP contribution in [0.2, 0.25) is 0 Å². The van der Waals surface area contributed by atoms with Gasteiger partial charge in [-0.3, -0.25) is 19.3 Å². The molecule has 1 atom stereocenters. The molecule has 7 heteroatoms. The molecule has 0 spiro atoms. The maximum absolute atomic E-state index is 12.1. The molecule has 132 valence electrons. The first-order chi connectivity index (χ1) is 10.9. The van der Waals surface area contributed by atoms with Crippen molar-refractivity contribution in [2.45, 2.75) is 52.0 Å². The number of carboxylic acids is 1. The van der Waals surface area contributed by atoms with Crippen LogP contribution >= 0.6 is 0 Å². The molecule has 1 saturated carbocycles. The Morgan fingerprint density at radius 1 is 1.17 bits per heavy atom. The molecular formula is C16H29N3O4. The molecule has 1 aliphatic rings. The second kappa shape index (κ2) is 10.2. The van der Waals surface area contributed by atoms with Gasteiger partial charge in [0.05, 0.1) is 6.54 Å². The summed E-state index contributed by atoms with van der Waals surface area (Å²) in [4.78, 5) is 35.7. The van der Waals surface area contributed by atoms with Crippen molar-refractivity contribution in [1.82, 2.24) is 15.5 Å². The molecule has 0 aromatic carbocycles. The third-order valence-corrected chi connectivity index (χ3v) is 4.34.